The predicted molar refractivity (Wildman–Crippen MR) is 71.5 cm³/mol. The molecule has 0 aliphatic carbocycles. The first-order chi connectivity index (χ1) is 8.47. The Morgan fingerprint density at radius 2 is 1.83 bits per heavy atom. The quantitative estimate of drug-likeness (QED) is 0.628. The van der Waals surface area contributed by atoms with Crippen LogP contribution in [-0.4, -0.2) is 16.5 Å². The predicted octanol–water partition coefficient (Wildman–Crippen LogP) is 3.50. The number of benzene rings is 2. The van der Waals surface area contributed by atoms with Gasteiger partial charge in [-0.05, 0) is 29.9 Å². The number of rotatable bonds is 2. The van der Waals surface area contributed by atoms with Crippen molar-refractivity contribution in [2.45, 2.75) is 26.7 Å². The Morgan fingerprint density at radius 1 is 1.17 bits per heavy atom. The molecular formula is C15H16O3. The van der Waals surface area contributed by atoms with Crippen LogP contribution >= 0.6 is 0 Å². The van der Waals surface area contributed by atoms with Gasteiger partial charge in [0.2, 0.25) is 0 Å². The van der Waals surface area contributed by atoms with Crippen molar-refractivity contribution >= 4 is 17.1 Å². The molecule has 3 nitrogen and oxygen atoms in total. The molecule has 2 N–H and O–H groups in total. The second-order valence-corrected chi connectivity index (χ2v) is 4.83. The fourth-order valence-electron chi connectivity index (χ4n) is 2.21. The highest BCUT2D eigenvalue weighted by molar-refractivity contribution is 6.04. The second-order valence-electron chi connectivity index (χ2n) is 4.83. The molecule has 0 atom stereocenters. The number of aldehydes is 1. The molecular weight excluding hydrogens is 228 g/mol. The summed E-state index contributed by atoms with van der Waals surface area (Å²) in [6.07, 6.45) is 0.690. The molecule has 0 amide bonds. The molecule has 94 valence electrons. The summed E-state index contributed by atoms with van der Waals surface area (Å²) in [5.41, 5.74) is 2.04. The molecule has 2 aromatic rings. The van der Waals surface area contributed by atoms with E-state index in [-0.39, 0.29) is 17.4 Å². The van der Waals surface area contributed by atoms with Crippen molar-refractivity contribution in [2.24, 2.45) is 0 Å². The zero-order valence-electron chi connectivity index (χ0n) is 10.7. The first kappa shape index (κ1) is 12.4. The van der Waals surface area contributed by atoms with Gasteiger partial charge in [-0.15, -0.1) is 0 Å². The van der Waals surface area contributed by atoms with Crippen LogP contribution < -0.4 is 0 Å². The van der Waals surface area contributed by atoms with Crippen molar-refractivity contribution in [3.8, 4) is 11.5 Å². The molecule has 0 aliphatic rings. The first-order valence-corrected chi connectivity index (χ1v) is 5.90. The van der Waals surface area contributed by atoms with Crippen molar-refractivity contribution in [3.63, 3.8) is 0 Å². The van der Waals surface area contributed by atoms with Gasteiger partial charge in [0, 0.05) is 16.5 Å². The average molecular weight is 244 g/mol. The van der Waals surface area contributed by atoms with Gasteiger partial charge in [-0.3, -0.25) is 4.79 Å². The lowest BCUT2D eigenvalue weighted by Crippen LogP contribution is -1.93. The third-order valence-electron chi connectivity index (χ3n) is 3.28. The summed E-state index contributed by atoms with van der Waals surface area (Å²) in [4.78, 5) is 11.0. The highest BCUT2D eigenvalue weighted by Crippen LogP contribution is 2.42. The molecule has 2 aromatic carbocycles. The molecule has 0 saturated heterocycles. The summed E-state index contributed by atoms with van der Waals surface area (Å²) in [5.74, 6) is -0.243. The van der Waals surface area contributed by atoms with E-state index < -0.39 is 0 Å². The number of phenols is 2. The Kier molecular flexibility index (Phi) is 2.99. The normalized spacial score (nSPS) is 11.1. The first-order valence-electron chi connectivity index (χ1n) is 5.90. The van der Waals surface area contributed by atoms with E-state index in [9.17, 15) is 15.0 Å². The Bertz CT molecular complexity index is 627. The van der Waals surface area contributed by atoms with E-state index in [1.54, 1.807) is 6.07 Å². The van der Waals surface area contributed by atoms with Crippen LogP contribution in [0.5, 0.6) is 11.5 Å². The minimum absolute atomic E-state index is 0.0968. The maximum absolute atomic E-state index is 11.0. The number of carbonyl (C=O) groups excluding carboxylic acids is 1. The van der Waals surface area contributed by atoms with E-state index in [1.165, 1.54) is 0 Å². The van der Waals surface area contributed by atoms with Gasteiger partial charge >= 0.3 is 0 Å². The number of carbonyl (C=O) groups is 1. The van der Waals surface area contributed by atoms with Crippen LogP contribution in [0, 0.1) is 6.92 Å². The summed E-state index contributed by atoms with van der Waals surface area (Å²) in [7, 11) is 0. The molecule has 0 spiro atoms. The van der Waals surface area contributed by atoms with Gasteiger partial charge in [0.25, 0.3) is 0 Å². The zero-order valence-corrected chi connectivity index (χ0v) is 10.7. The van der Waals surface area contributed by atoms with Crippen molar-refractivity contribution in [2.75, 3.05) is 0 Å². The number of hydrogen-bond donors (Lipinski definition) is 2. The van der Waals surface area contributed by atoms with Crippen molar-refractivity contribution in [1.82, 2.24) is 0 Å². The Hall–Kier alpha value is -2.03. The Labute approximate surface area is 106 Å². The number of hydrogen-bond acceptors (Lipinski definition) is 3. The molecule has 0 bridgehead atoms. The van der Waals surface area contributed by atoms with Crippen molar-refractivity contribution < 1.29 is 15.0 Å². The van der Waals surface area contributed by atoms with Gasteiger partial charge in [-0.2, -0.15) is 0 Å². The summed E-state index contributed by atoms with van der Waals surface area (Å²) in [6, 6.07) is 5.34. The minimum Gasteiger partial charge on any atom is -0.504 e. The van der Waals surface area contributed by atoms with Crippen LogP contribution in [0.2, 0.25) is 0 Å². The maximum Gasteiger partial charge on any atom is 0.166 e. The third kappa shape index (κ3) is 1.72. The number of aromatic hydroxyl groups is 2. The van der Waals surface area contributed by atoms with Crippen molar-refractivity contribution in [1.29, 1.82) is 0 Å². The molecule has 3 heteroatoms. The Balaban J connectivity index is 2.98. The minimum atomic E-state index is -0.206. The monoisotopic (exact) mass is 244 g/mol. The van der Waals surface area contributed by atoms with Crippen LogP contribution in [0.15, 0.2) is 18.2 Å². The summed E-state index contributed by atoms with van der Waals surface area (Å²) in [5, 5.41) is 21.4. The lowest BCUT2D eigenvalue weighted by molar-refractivity contribution is 0.112. The third-order valence-corrected chi connectivity index (χ3v) is 3.28. The summed E-state index contributed by atoms with van der Waals surface area (Å²) >= 11 is 0. The van der Waals surface area contributed by atoms with E-state index in [1.807, 2.05) is 32.9 Å². The molecule has 0 radical (unpaired) electrons. The SMILES string of the molecule is Cc1ccc(C=O)c2c(O)c(O)c(C(C)C)cc12. The van der Waals surface area contributed by atoms with Crippen molar-refractivity contribution in [3.05, 3.63) is 34.9 Å². The van der Waals surface area contributed by atoms with Gasteiger partial charge in [0.1, 0.15) is 0 Å². The van der Waals surface area contributed by atoms with Crippen LogP contribution in [0.25, 0.3) is 10.8 Å². The average Bonchev–Trinajstić information content (AvgIpc) is 2.34. The van der Waals surface area contributed by atoms with Gasteiger partial charge in [-0.1, -0.05) is 26.0 Å². The second kappa shape index (κ2) is 4.33. The molecule has 2 rings (SSSR count). The smallest absolute Gasteiger partial charge is 0.166 e. The van der Waals surface area contributed by atoms with Crippen LogP contribution in [0.1, 0.15) is 41.3 Å². The van der Waals surface area contributed by atoms with Gasteiger partial charge < -0.3 is 10.2 Å². The fourth-order valence-corrected chi connectivity index (χ4v) is 2.21. The lowest BCUT2D eigenvalue weighted by Gasteiger charge is -2.14. The van der Waals surface area contributed by atoms with E-state index in [0.29, 0.717) is 22.8 Å². The number of fused-ring (bicyclic) bond motifs is 1. The summed E-state index contributed by atoms with van der Waals surface area (Å²) in [6.45, 7) is 5.80. The highest BCUT2D eigenvalue weighted by atomic mass is 16.3. The van der Waals surface area contributed by atoms with Crippen LogP contribution in [0.3, 0.4) is 0 Å². The molecule has 0 unspecified atom stereocenters. The van der Waals surface area contributed by atoms with Gasteiger partial charge in [-0.25, -0.2) is 0 Å². The molecule has 0 heterocycles. The van der Waals surface area contributed by atoms with Gasteiger partial charge in [0.05, 0.1) is 0 Å². The molecule has 0 fully saturated rings. The largest absolute Gasteiger partial charge is 0.504 e. The molecule has 0 saturated carbocycles. The number of aryl methyl sites for hydroxylation is 1. The molecule has 18 heavy (non-hydrogen) atoms. The highest BCUT2D eigenvalue weighted by Gasteiger charge is 2.17. The van der Waals surface area contributed by atoms with E-state index in [4.69, 9.17) is 0 Å². The van der Waals surface area contributed by atoms with Crippen LogP contribution in [0.4, 0.5) is 0 Å². The lowest BCUT2D eigenvalue weighted by atomic mass is 9.93. The molecule has 0 aromatic heterocycles. The standard InChI is InChI=1S/C15H16O3/c1-8(2)11-6-12-9(3)4-5-10(7-16)13(12)15(18)14(11)17/h4-8,17-18H,1-3H3. The van der Waals surface area contributed by atoms with E-state index >= 15 is 0 Å². The van der Waals surface area contributed by atoms with E-state index in [0.717, 1.165) is 10.9 Å². The van der Waals surface area contributed by atoms with E-state index in [2.05, 4.69) is 0 Å². The van der Waals surface area contributed by atoms with Crippen LogP contribution in [-0.2, 0) is 0 Å². The summed E-state index contributed by atoms with van der Waals surface area (Å²) < 4.78 is 0. The fraction of sp³-hybridized carbons (Fsp3) is 0.267. The number of phenolic OH excluding ortho intramolecular Hbond substituents is 2. The zero-order chi connectivity index (χ0) is 13.4. The molecule has 0 aliphatic heterocycles. The Morgan fingerprint density at radius 3 is 2.39 bits per heavy atom. The van der Waals surface area contributed by atoms with Gasteiger partial charge in [0.15, 0.2) is 17.8 Å². The maximum atomic E-state index is 11.0. The topological polar surface area (TPSA) is 57.5 Å².